The summed E-state index contributed by atoms with van der Waals surface area (Å²) in [7, 11) is 1.64. The van der Waals surface area contributed by atoms with Crippen molar-refractivity contribution in [2.24, 2.45) is 0 Å². The Hall–Kier alpha value is -1.49. The third-order valence-corrected chi connectivity index (χ3v) is 1.66. The van der Waals surface area contributed by atoms with Crippen molar-refractivity contribution in [3.8, 4) is 11.8 Å². The quantitative estimate of drug-likeness (QED) is 0.680. The van der Waals surface area contributed by atoms with Gasteiger partial charge < -0.3 is 4.74 Å². The van der Waals surface area contributed by atoms with E-state index in [1.807, 2.05) is 24.3 Å². The fourth-order valence-corrected chi connectivity index (χ4v) is 1.03. The first-order chi connectivity index (χ1) is 5.86. The van der Waals surface area contributed by atoms with Gasteiger partial charge in [0.05, 0.1) is 13.2 Å². The highest BCUT2D eigenvalue weighted by atomic mass is 16.5. The molecule has 12 heavy (non-hydrogen) atoms. The molecule has 0 amide bonds. The molecule has 0 fully saturated rings. The van der Waals surface area contributed by atoms with Gasteiger partial charge in [-0.3, -0.25) is 0 Å². The number of hydrogen-bond donors (Lipinski definition) is 0. The van der Waals surface area contributed by atoms with Gasteiger partial charge >= 0.3 is 0 Å². The largest absolute Gasteiger partial charge is 0.497 e. The molecule has 0 atom stereocenters. The van der Waals surface area contributed by atoms with Crippen molar-refractivity contribution in [1.82, 2.24) is 0 Å². The number of nitrogens with zero attached hydrogens (tertiary/aromatic N) is 1. The average molecular weight is 161 g/mol. The van der Waals surface area contributed by atoms with Crippen molar-refractivity contribution in [2.75, 3.05) is 7.11 Å². The van der Waals surface area contributed by atoms with E-state index >= 15 is 0 Å². The topological polar surface area (TPSA) is 33.0 Å². The molecular formula is C10H11NO. The summed E-state index contributed by atoms with van der Waals surface area (Å²) in [6.45, 7) is 0. The van der Waals surface area contributed by atoms with E-state index in [0.29, 0.717) is 6.42 Å². The lowest BCUT2D eigenvalue weighted by molar-refractivity contribution is 0.414. The molecule has 0 saturated heterocycles. The first-order valence-electron chi connectivity index (χ1n) is 3.86. The lowest BCUT2D eigenvalue weighted by atomic mass is 10.1. The van der Waals surface area contributed by atoms with Crippen molar-refractivity contribution in [2.45, 2.75) is 12.8 Å². The molecule has 1 aromatic rings. The van der Waals surface area contributed by atoms with Crippen molar-refractivity contribution in [1.29, 1.82) is 5.26 Å². The summed E-state index contributed by atoms with van der Waals surface area (Å²) in [5.74, 6) is 0.852. The van der Waals surface area contributed by atoms with Crippen LogP contribution < -0.4 is 4.74 Å². The van der Waals surface area contributed by atoms with Crippen LogP contribution in [0, 0.1) is 11.3 Å². The highest BCUT2D eigenvalue weighted by molar-refractivity contribution is 5.28. The van der Waals surface area contributed by atoms with Gasteiger partial charge in [-0.2, -0.15) is 5.26 Å². The lowest BCUT2D eigenvalue weighted by Crippen LogP contribution is -1.86. The second-order valence-electron chi connectivity index (χ2n) is 2.51. The maximum Gasteiger partial charge on any atom is 0.119 e. The fraction of sp³-hybridized carbons (Fsp3) is 0.300. The molecule has 0 bridgehead atoms. The number of methoxy groups -OCH3 is 1. The van der Waals surface area contributed by atoms with Crippen molar-refractivity contribution in [3.05, 3.63) is 29.8 Å². The van der Waals surface area contributed by atoms with Gasteiger partial charge in [0.25, 0.3) is 0 Å². The SMILES string of the molecule is COc1cccc(CCC#N)c1. The average Bonchev–Trinajstić information content (AvgIpc) is 2.15. The van der Waals surface area contributed by atoms with Crippen LogP contribution in [0.5, 0.6) is 5.75 Å². The number of aryl methyl sites for hydroxylation is 1. The molecule has 0 heterocycles. The van der Waals surface area contributed by atoms with Crippen LogP contribution in [0.3, 0.4) is 0 Å². The minimum Gasteiger partial charge on any atom is -0.497 e. The van der Waals surface area contributed by atoms with Gasteiger partial charge in [0.1, 0.15) is 5.75 Å². The van der Waals surface area contributed by atoms with Crippen LogP contribution in [-0.4, -0.2) is 7.11 Å². The summed E-state index contributed by atoms with van der Waals surface area (Å²) in [4.78, 5) is 0. The highest BCUT2D eigenvalue weighted by Gasteiger charge is 1.94. The zero-order valence-electron chi connectivity index (χ0n) is 7.08. The van der Waals surface area contributed by atoms with Gasteiger partial charge in [-0.15, -0.1) is 0 Å². The molecule has 0 unspecified atom stereocenters. The molecule has 1 rings (SSSR count). The maximum atomic E-state index is 8.37. The van der Waals surface area contributed by atoms with E-state index in [9.17, 15) is 0 Å². The van der Waals surface area contributed by atoms with Crippen molar-refractivity contribution >= 4 is 0 Å². The Morgan fingerprint density at radius 3 is 3.00 bits per heavy atom. The van der Waals surface area contributed by atoms with Crippen LogP contribution in [0.15, 0.2) is 24.3 Å². The van der Waals surface area contributed by atoms with Gasteiger partial charge in [-0.1, -0.05) is 12.1 Å². The Bertz CT molecular complexity index is 288. The van der Waals surface area contributed by atoms with Crippen LogP contribution >= 0.6 is 0 Å². The molecule has 0 saturated carbocycles. The van der Waals surface area contributed by atoms with Crippen LogP contribution in [0.4, 0.5) is 0 Å². The summed E-state index contributed by atoms with van der Waals surface area (Å²) in [5.41, 5.74) is 1.15. The zero-order valence-corrected chi connectivity index (χ0v) is 7.08. The Labute approximate surface area is 72.4 Å². The number of ether oxygens (including phenoxy) is 1. The Kier molecular flexibility index (Phi) is 3.16. The number of rotatable bonds is 3. The van der Waals surface area contributed by atoms with Gasteiger partial charge in [0, 0.05) is 6.42 Å². The minimum atomic E-state index is 0.563. The van der Waals surface area contributed by atoms with E-state index in [0.717, 1.165) is 17.7 Å². The summed E-state index contributed by atoms with van der Waals surface area (Å²) < 4.78 is 5.05. The smallest absolute Gasteiger partial charge is 0.119 e. The van der Waals surface area contributed by atoms with Gasteiger partial charge in [0.2, 0.25) is 0 Å². The van der Waals surface area contributed by atoms with Gasteiger partial charge in [-0.05, 0) is 24.1 Å². The van der Waals surface area contributed by atoms with E-state index in [2.05, 4.69) is 6.07 Å². The normalized spacial score (nSPS) is 9.00. The zero-order chi connectivity index (χ0) is 8.81. The van der Waals surface area contributed by atoms with E-state index < -0.39 is 0 Å². The Morgan fingerprint density at radius 1 is 1.50 bits per heavy atom. The lowest BCUT2D eigenvalue weighted by Gasteiger charge is -2.01. The van der Waals surface area contributed by atoms with E-state index in [1.165, 1.54) is 0 Å². The van der Waals surface area contributed by atoms with Crippen LogP contribution in [0.2, 0.25) is 0 Å². The standard InChI is InChI=1S/C10H11NO/c1-12-10-6-2-4-9(8-10)5-3-7-11/h2,4,6,8H,3,5H2,1H3. The minimum absolute atomic E-state index is 0.563. The molecule has 0 radical (unpaired) electrons. The molecule has 0 aliphatic carbocycles. The Balaban J connectivity index is 2.67. The predicted molar refractivity (Wildman–Crippen MR) is 46.9 cm³/mol. The molecule has 1 aromatic carbocycles. The summed E-state index contributed by atoms with van der Waals surface area (Å²) in [6.07, 6.45) is 1.36. The second-order valence-corrected chi connectivity index (χ2v) is 2.51. The number of benzene rings is 1. The van der Waals surface area contributed by atoms with E-state index in [-0.39, 0.29) is 0 Å². The molecule has 0 aliphatic rings. The first kappa shape index (κ1) is 8.61. The molecule has 0 N–H and O–H groups in total. The monoisotopic (exact) mass is 161 g/mol. The Morgan fingerprint density at radius 2 is 2.33 bits per heavy atom. The first-order valence-corrected chi connectivity index (χ1v) is 3.86. The summed E-state index contributed by atoms with van der Waals surface area (Å²) in [6, 6.07) is 9.90. The molecule has 0 spiro atoms. The van der Waals surface area contributed by atoms with Crippen LogP contribution in [-0.2, 0) is 6.42 Å². The second kappa shape index (κ2) is 4.40. The highest BCUT2D eigenvalue weighted by Crippen LogP contribution is 2.13. The third-order valence-electron chi connectivity index (χ3n) is 1.66. The van der Waals surface area contributed by atoms with E-state index in [1.54, 1.807) is 7.11 Å². The predicted octanol–water partition coefficient (Wildman–Crippen LogP) is 2.15. The molecule has 0 aromatic heterocycles. The fourth-order valence-electron chi connectivity index (χ4n) is 1.03. The van der Waals surface area contributed by atoms with Crippen molar-refractivity contribution < 1.29 is 4.74 Å². The third kappa shape index (κ3) is 2.28. The number of hydrogen-bond acceptors (Lipinski definition) is 2. The molecular weight excluding hydrogens is 150 g/mol. The van der Waals surface area contributed by atoms with Crippen molar-refractivity contribution in [3.63, 3.8) is 0 Å². The maximum absolute atomic E-state index is 8.37. The molecule has 62 valence electrons. The number of nitriles is 1. The van der Waals surface area contributed by atoms with Crippen LogP contribution in [0.25, 0.3) is 0 Å². The molecule has 0 aliphatic heterocycles. The molecule has 2 nitrogen and oxygen atoms in total. The molecule has 2 heteroatoms. The van der Waals surface area contributed by atoms with Gasteiger partial charge in [-0.25, -0.2) is 0 Å². The van der Waals surface area contributed by atoms with Gasteiger partial charge in [0.15, 0.2) is 0 Å². The summed E-state index contributed by atoms with van der Waals surface area (Å²) in [5, 5.41) is 8.37. The summed E-state index contributed by atoms with van der Waals surface area (Å²) >= 11 is 0. The van der Waals surface area contributed by atoms with Crippen LogP contribution in [0.1, 0.15) is 12.0 Å². The van der Waals surface area contributed by atoms with E-state index in [4.69, 9.17) is 10.00 Å².